The van der Waals surface area contributed by atoms with Gasteiger partial charge in [-0.05, 0) is 34.5 Å². The number of carbonyl (C=O) groups is 1. The lowest BCUT2D eigenvalue weighted by Gasteiger charge is -2.08. The Bertz CT molecular complexity index is 783. The Balaban J connectivity index is 2.46. The second-order valence-electron chi connectivity index (χ2n) is 4.00. The Morgan fingerprint density at radius 1 is 1.11 bits per heavy atom. The van der Waals surface area contributed by atoms with Gasteiger partial charge in [0.2, 0.25) is 0 Å². The summed E-state index contributed by atoms with van der Waals surface area (Å²) in [5.41, 5.74) is 0.141. The Kier molecular flexibility index (Phi) is 2.42. The highest BCUT2D eigenvalue weighted by atomic mass is 35.5. The fourth-order valence-electron chi connectivity index (χ4n) is 2.09. The number of pyridine rings is 1. The zero-order chi connectivity index (χ0) is 12.7. The topological polar surface area (TPSA) is 53.0 Å². The molecule has 0 fully saturated rings. The molecule has 2 aromatic carbocycles. The summed E-state index contributed by atoms with van der Waals surface area (Å²) < 4.78 is 0. The molecule has 0 spiro atoms. The third kappa shape index (κ3) is 1.60. The van der Waals surface area contributed by atoms with Gasteiger partial charge >= 0.3 is 0 Å². The molecule has 4 heteroatoms. The molecule has 0 aliphatic rings. The number of aromatic carboxylic acids is 1. The van der Waals surface area contributed by atoms with E-state index < -0.39 is 5.97 Å². The van der Waals surface area contributed by atoms with E-state index in [1.54, 1.807) is 30.6 Å². The number of fused-ring (bicyclic) bond motifs is 3. The molecule has 0 N–H and O–H groups in total. The number of carboxylic acid groups (broad SMARTS) is 1. The number of carbonyl (C=O) groups excluding carboxylic acids is 1. The summed E-state index contributed by atoms with van der Waals surface area (Å²) in [4.78, 5) is 14.9. The Morgan fingerprint density at radius 2 is 1.94 bits per heavy atom. The van der Waals surface area contributed by atoms with E-state index in [-0.39, 0.29) is 5.56 Å². The highest BCUT2D eigenvalue weighted by molar-refractivity contribution is 6.37. The quantitative estimate of drug-likeness (QED) is 0.628. The second kappa shape index (κ2) is 3.96. The van der Waals surface area contributed by atoms with Gasteiger partial charge in [-0.2, -0.15) is 0 Å². The number of nitrogens with zero attached hydrogens (tertiary/aromatic N) is 1. The van der Waals surface area contributed by atoms with Crippen molar-refractivity contribution in [2.75, 3.05) is 0 Å². The Hall–Kier alpha value is -2.13. The van der Waals surface area contributed by atoms with Gasteiger partial charge in [-0.15, -0.1) is 0 Å². The molecule has 3 nitrogen and oxygen atoms in total. The lowest BCUT2D eigenvalue weighted by molar-refractivity contribution is -0.255. The normalized spacial score (nSPS) is 10.9. The van der Waals surface area contributed by atoms with Gasteiger partial charge in [0.1, 0.15) is 0 Å². The lowest BCUT2D eigenvalue weighted by Crippen LogP contribution is -2.21. The van der Waals surface area contributed by atoms with Crippen molar-refractivity contribution in [1.29, 1.82) is 0 Å². The van der Waals surface area contributed by atoms with Crippen LogP contribution >= 0.6 is 11.6 Å². The number of carboxylic acids is 1. The van der Waals surface area contributed by atoms with Crippen LogP contribution in [0.25, 0.3) is 21.5 Å². The smallest absolute Gasteiger partial charge is 0.0715 e. The number of hydrogen-bond donors (Lipinski definition) is 0. The van der Waals surface area contributed by atoms with Crippen LogP contribution in [0.3, 0.4) is 0 Å². The molecule has 0 atom stereocenters. The molecule has 0 unspecified atom stereocenters. The monoisotopic (exact) mass is 256 g/mol. The van der Waals surface area contributed by atoms with E-state index in [9.17, 15) is 9.90 Å². The van der Waals surface area contributed by atoms with E-state index in [2.05, 4.69) is 4.98 Å². The third-order valence-corrected chi connectivity index (χ3v) is 3.25. The van der Waals surface area contributed by atoms with Gasteiger partial charge in [0, 0.05) is 28.2 Å². The van der Waals surface area contributed by atoms with Crippen LogP contribution in [0, 0.1) is 0 Å². The fraction of sp³-hybridized carbons (Fsp3) is 0. The summed E-state index contributed by atoms with van der Waals surface area (Å²) >= 11 is 6.18. The molecular formula is C14H7ClNO2-. The van der Waals surface area contributed by atoms with Crippen molar-refractivity contribution < 1.29 is 9.90 Å². The maximum absolute atomic E-state index is 10.8. The first kappa shape index (κ1) is 11.0. The maximum atomic E-state index is 10.8. The summed E-state index contributed by atoms with van der Waals surface area (Å²) in [7, 11) is 0. The van der Waals surface area contributed by atoms with Crippen molar-refractivity contribution in [3.05, 3.63) is 53.3 Å². The number of rotatable bonds is 1. The van der Waals surface area contributed by atoms with Crippen molar-refractivity contribution >= 4 is 39.1 Å². The molecule has 1 aromatic heterocycles. The van der Waals surface area contributed by atoms with Crippen LogP contribution in [0.2, 0.25) is 5.02 Å². The highest BCUT2D eigenvalue weighted by Gasteiger charge is 2.06. The standard InChI is InChI=1S/C14H8ClNO2/c15-13-6-9-5-8(14(17)18)1-2-10(9)12-7-16-4-3-11(12)13/h1-7H,(H,17,18)/p-1. The van der Waals surface area contributed by atoms with E-state index in [0.29, 0.717) is 5.02 Å². The number of halogens is 1. The largest absolute Gasteiger partial charge is 0.545 e. The van der Waals surface area contributed by atoms with Crippen molar-refractivity contribution in [3.8, 4) is 0 Å². The molecule has 88 valence electrons. The SMILES string of the molecule is O=C([O-])c1ccc2c(c1)cc(Cl)c1ccncc12. The zero-order valence-electron chi connectivity index (χ0n) is 9.18. The lowest BCUT2D eigenvalue weighted by atomic mass is 10.0. The Morgan fingerprint density at radius 3 is 2.72 bits per heavy atom. The van der Waals surface area contributed by atoms with E-state index in [0.717, 1.165) is 21.5 Å². The minimum absolute atomic E-state index is 0.141. The first-order valence-corrected chi connectivity index (χ1v) is 5.72. The predicted octanol–water partition coefficient (Wildman–Crippen LogP) is 2.40. The van der Waals surface area contributed by atoms with Gasteiger partial charge in [-0.3, -0.25) is 4.98 Å². The maximum Gasteiger partial charge on any atom is 0.0715 e. The van der Waals surface area contributed by atoms with Gasteiger partial charge in [-0.25, -0.2) is 0 Å². The molecule has 0 amide bonds. The highest BCUT2D eigenvalue weighted by Crippen LogP contribution is 2.31. The molecule has 0 radical (unpaired) electrons. The first-order valence-electron chi connectivity index (χ1n) is 5.34. The minimum Gasteiger partial charge on any atom is -0.545 e. The second-order valence-corrected chi connectivity index (χ2v) is 4.41. The predicted molar refractivity (Wildman–Crippen MR) is 68.6 cm³/mol. The van der Waals surface area contributed by atoms with Gasteiger partial charge < -0.3 is 9.90 Å². The van der Waals surface area contributed by atoms with Gasteiger partial charge in [0.05, 0.1) is 5.97 Å². The molecule has 0 aliphatic carbocycles. The van der Waals surface area contributed by atoms with Crippen LogP contribution in [0.15, 0.2) is 42.7 Å². The third-order valence-electron chi connectivity index (χ3n) is 2.94. The molecule has 0 aliphatic heterocycles. The molecule has 3 aromatic rings. The molecule has 18 heavy (non-hydrogen) atoms. The molecule has 1 heterocycles. The van der Waals surface area contributed by atoms with Crippen LogP contribution in [0.5, 0.6) is 0 Å². The average Bonchev–Trinajstić information content (AvgIpc) is 2.38. The first-order chi connectivity index (χ1) is 8.66. The van der Waals surface area contributed by atoms with Gasteiger partial charge in [0.15, 0.2) is 0 Å². The van der Waals surface area contributed by atoms with Crippen LogP contribution in [-0.2, 0) is 0 Å². The summed E-state index contributed by atoms with van der Waals surface area (Å²) in [6, 6.07) is 8.43. The van der Waals surface area contributed by atoms with Crippen molar-refractivity contribution in [3.63, 3.8) is 0 Å². The van der Waals surface area contributed by atoms with Crippen LogP contribution in [-0.4, -0.2) is 11.0 Å². The molecule has 0 saturated heterocycles. The number of aromatic nitrogens is 1. The van der Waals surface area contributed by atoms with Crippen molar-refractivity contribution in [2.24, 2.45) is 0 Å². The fourth-order valence-corrected chi connectivity index (χ4v) is 2.37. The summed E-state index contributed by atoms with van der Waals surface area (Å²) in [5, 5.41) is 14.9. The van der Waals surface area contributed by atoms with Crippen LogP contribution < -0.4 is 5.11 Å². The average molecular weight is 257 g/mol. The van der Waals surface area contributed by atoms with Gasteiger partial charge in [0.25, 0.3) is 0 Å². The van der Waals surface area contributed by atoms with E-state index in [1.165, 1.54) is 6.07 Å². The van der Waals surface area contributed by atoms with E-state index >= 15 is 0 Å². The van der Waals surface area contributed by atoms with Crippen LogP contribution in [0.1, 0.15) is 10.4 Å². The van der Waals surface area contributed by atoms with Crippen molar-refractivity contribution in [1.82, 2.24) is 4.98 Å². The summed E-state index contributed by atoms with van der Waals surface area (Å²) in [6.45, 7) is 0. The number of benzene rings is 2. The van der Waals surface area contributed by atoms with Crippen LogP contribution in [0.4, 0.5) is 0 Å². The van der Waals surface area contributed by atoms with E-state index in [4.69, 9.17) is 11.6 Å². The van der Waals surface area contributed by atoms with Crippen molar-refractivity contribution in [2.45, 2.75) is 0 Å². The zero-order valence-corrected chi connectivity index (χ0v) is 9.94. The van der Waals surface area contributed by atoms with Gasteiger partial charge in [-0.1, -0.05) is 23.7 Å². The molecule has 0 bridgehead atoms. The van der Waals surface area contributed by atoms with E-state index in [1.807, 2.05) is 6.07 Å². The minimum atomic E-state index is -1.20. The summed E-state index contributed by atoms with van der Waals surface area (Å²) in [5.74, 6) is -1.20. The number of hydrogen-bond acceptors (Lipinski definition) is 3. The summed E-state index contributed by atoms with van der Waals surface area (Å²) in [6.07, 6.45) is 3.40. The molecular weight excluding hydrogens is 250 g/mol. The Labute approximate surface area is 108 Å². The molecule has 0 saturated carbocycles. The molecule has 3 rings (SSSR count).